The fourth-order valence-corrected chi connectivity index (χ4v) is 2.63. The summed E-state index contributed by atoms with van der Waals surface area (Å²) in [6.45, 7) is 2.32. The molecule has 4 heteroatoms. The summed E-state index contributed by atoms with van der Waals surface area (Å²) >= 11 is 6.83. The molecular weight excluding hydrogens is 387 g/mol. The first kappa shape index (κ1) is 15.7. The summed E-state index contributed by atoms with van der Waals surface area (Å²) in [7, 11) is 0. The van der Waals surface area contributed by atoms with Gasteiger partial charge in [0.2, 0.25) is 0 Å². The van der Waals surface area contributed by atoms with Gasteiger partial charge < -0.3 is 4.74 Å². The molecule has 0 bridgehead atoms. The van der Waals surface area contributed by atoms with E-state index < -0.39 is 5.60 Å². The van der Waals surface area contributed by atoms with E-state index in [4.69, 9.17) is 4.74 Å². The number of halogens is 3. The molecular formula is C16H15Br2FO. The van der Waals surface area contributed by atoms with E-state index in [2.05, 4.69) is 31.9 Å². The van der Waals surface area contributed by atoms with Gasteiger partial charge >= 0.3 is 0 Å². The highest BCUT2D eigenvalue weighted by molar-refractivity contribution is 9.10. The first-order valence-electron chi connectivity index (χ1n) is 6.24. The van der Waals surface area contributed by atoms with Crippen molar-refractivity contribution in [1.29, 1.82) is 0 Å². The molecule has 20 heavy (non-hydrogen) atoms. The SMILES string of the molecule is CC(CBr)(OCc1ccc(Br)cc1)c1ccccc1F. The average Bonchev–Trinajstić information content (AvgIpc) is 2.47. The summed E-state index contributed by atoms with van der Waals surface area (Å²) in [6.07, 6.45) is 0. The average molecular weight is 402 g/mol. The van der Waals surface area contributed by atoms with Gasteiger partial charge in [0.05, 0.1) is 6.61 Å². The van der Waals surface area contributed by atoms with Gasteiger partial charge in [-0.3, -0.25) is 0 Å². The Labute approximate surface area is 135 Å². The molecule has 0 heterocycles. The molecule has 0 saturated heterocycles. The molecule has 0 aromatic heterocycles. The van der Waals surface area contributed by atoms with Crippen molar-refractivity contribution >= 4 is 31.9 Å². The molecule has 0 aliphatic rings. The van der Waals surface area contributed by atoms with Crippen molar-refractivity contribution in [1.82, 2.24) is 0 Å². The summed E-state index contributed by atoms with van der Waals surface area (Å²) in [6, 6.07) is 14.6. The minimum absolute atomic E-state index is 0.245. The first-order chi connectivity index (χ1) is 9.55. The second-order valence-corrected chi connectivity index (χ2v) is 6.24. The highest BCUT2D eigenvalue weighted by atomic mass is 79.9. The van der Waals surface area contributed by atoms with Crippen molar-refractivity contribution < 1.29 is 9.13 Å². The number of benzene rings is 2. The van der Waals surface area contributed by atoms with Crippen LogP contribution < -0.4 is 0 Å². The number of alkyl halides is 1. The molecule has 0 spiro atoms. The van der Waals surface area contributed by atoms with Crippen LogP contribution in [0.25, 0.3) is 0 Å². The molecule has 2 rings (SSSR count). The first-order valence-corrected chi connectivity index (χ1v) is 8.16. The lowest BCUT2D eigenvalue weighted by atomic mass is 9.97. The van der Waals surface area contributed by atoms with Crippen LogP contribution in [0, 0.1) is 5.82 Å². The Kier molecular flexibility index (Phi) is 5.35. The largest absolute Gasteiger partial charge is 0.365 e. The summed E-state index contributed by atoms with van der Waals surface area (Å²) in [4.78, 5) is 0. The molecule has 0 aliphatic heterocycles. The highest BCUT2D eigenvalue weighted by Crippen LogP contribution is 2.30. The molecule has 0 N–H and O–H groups in total. The second-order valence-electron chi connectivity index (χ2n) is 4.76. The number of rotatable bonds is 5. The molecule has 1 atom stereocenters. The predicted molar refractivity (Wildman–Crippen MR) is 86.5 cm³/mol. The molecule has 2 aromatic carbocycles. The van der Waals surface area contributed by atoms with Gasteiger partial charge in [-0.1, -0.05) is 62.2 Å². The van der Waals surface area contributed by atoms with Crippen LogP contribution >= 0.6 is 31.9 Å². The molecule has 0 fully saturated rings. The van der Waals surface area contributed by atoms with Crippen LogP contribution in [0.2, 0.25) is 0 Å². The van der Waals surface area contributed by atoms with Gasteiger partial charge in [-0.05, 0) is 30.7 Å². The molecule has 0 radical (unpaired) electrons. The Hall–Kier alpha value is -0.710. The number of hydrogen-bond acceptors (Lipinski definition) is 1. The monoisotopic (exact) mass is 400 g/mol. The minimum atomic E-state index is -0.696. The second kappa shape index (κ2) is 6.83. The minimum Gasteiger partial charge on any atom is -0.365 e. The van der Waals surface area contributed by atoms with E-state index in [1.54, 1.807) is 12.1 Å². The Morgan fingerprint density at radius 1 is 1.10 bits per heavy atom. The van der Waals surface area contributed by atoms with Crippen molar-refractivity contribution in [2.24, 2.45) is 0 Å². The van der Waals surface area contributed by atoms with Crippen molar-refractivity contribution in [2.75, 3.05) is 5.33 Å². The fraction of sp³-hybridized carbons (Fsp3) is 0.250. The van der Waals surface area contributed by atoms with Crippen LogP contribution in [-0.2, 0) is 16.9 Å². The van der Waals surface area contributed by atoms with Gasteiger partial charge in [0.1, 0.15) is 11.4 Å². The maximum Gasteiger partial charge on any atom is 0.129 e. The number of ether oxygens (including phenoxy) is 1. The normalized spacial score (nSPS) is 14.0. The van der Waals surface area contributed by atoms with E-state index in [0.29, 0.717) is 17.5 Å². The molecule has 0 aliphatic carbocycles. The zero-order valence-corrected chi connectivity index (χ0v) is 14.2. The summed E-state index contributed by atoms with van der Waals surface area (Å²) < 4.78 is 20.9. The van der Waals surface area contributed by atoms with E-state index in [1.165, 1.54) is 6.07 Å². The van der Waals surface area contributed by atoms with Gasteiger partial charge in [-0.25, -0.2) is 4.39 Å². The van der Waals surface area contributed by atoms with Crippen LogP contribution in [0.3, 0.4) is 0 Å². The maximum atomic E-state index is 13.9. The van der Waals surface area contributed by atoms with Crippen LogP contribution in [0.15, 0.2) is 53.0 Å². The Bertz CT molecular complexity index is 571. The van der Waals surface area contributed by atoms with Gasteiger partial charge in [0.15, 0.2) is 0 Å². The van der Waals surface area contributed by atoms with E-state index in [0.717, 1.165) is 10.0 Å². The quantitative estimate of drug-likeness (QED) is 0.608. The summed E-state index contributed by atoms with van der Waals surface area (Å²) in [5, 5.41) is 0.525. The molecule has 1 unspecified atom stereocenters. The Morgan fingerprint density at radius 2 is 1.75 bits per heavy atom. The molecule has 0 saturated carbocycles. The third-order valence-electron chi connectivity index (χ3n) is 3.17. The third-order valence-corrected chi connectivity index (χ3v) is 4.77. The topological polar surface area (TPSA) is 9.23 Å². The molecule has 106 valence electrons. The number of hydrogen-bond donors (Lipinski definition) is 0. The van der Waals surface area contributed by atoms with Crippen LogP contribution in [0.5, 0.6) is 0 Å². The lowest BCUT2D eigenvalue weighted by molar-refractivity contribution is -0.0312. The van der Waals surface area contributed by atoms with Crippen molar-refractivity contribution in [3.05, 3.63) is 69.9 Å². The molecule has 2 aromatic rings. The van der Waals surface area contributed by atoms with E-state index >= 15 is 0 Å². The highest BCUT2D eigenvalue weighted by Gasteiger charge is 2.29. The standard InChI is InChI=1S/C16H15Br2FO/c1-16(11-17,14-4-2-3-5-15(14)19)20-10-12-6-8-13(18)9-7-12/h2-9H,10-11H2,1H3. The zero-order valence-electron chi connectivity index (χ0n) is 11.1. The van der Waals surface area contributed by atoms with Gasteiger partial charge in [-0.15, -0.1) is 0 Å². The lowest BCUT2D eigenvalue weighted by Crippen LogP contribution is -2.29. The Balaban J connectivity index is 2.16. The van der Waals surface area contributed by atoms with Crippen LogP contribution in [-0.4, -0.2) is 5.33 Å². The fourth-order valence-electron chi connectivity index (χ4n) is 1.90. The van der Waals surface area contributed by atoms with E-state index in [-0.39, 0.29) is 5.82 Å². The third kappa shape index (κ3) is 3.68. The van der Waals surface area contributed by atoms with Gasteiger partial charge in [0, 0.05) is 15.4 Å². The van der Waals surface area contributed by atoms with Crippen molar-refractivity contribution in [3.63, 3.8) is 0 Å². The van der Waals surface area contributed by atoms with Crippen LogP contribution in [0.1, 0.15) is 18.1 Å². The van der Waals surface area contributed by atoms with Crippen molar-refractivity contribution in [2.45, 2.75) is 19.1 Å². The smallest absolute Gasteiger partial charge is 0.129 e. The van der Waals surface area contributed by atoms with E-state index in [1.807, 2.05) is 37.3 Å². The summed E-state index contributed by atoms with van der Waals surface area (Å²) in [5.74, 6) is -0.245. The Morgan fingerprint density at radius 3 is 2.35 bits per heavy atom. The van der Waals surface area contributed by atoms with Crippen molar-refractivity contribution in [3.8, 4) is 0 Å². The summed E-state index contributed by atoms with van der Waals surface area (Å²) in [5.41, 5.74) is 0.920. The van der Waals surface area contributed by atoms with Gasteiger partial charge in [0.25, 0.3) is 0 Å². The lowest BCUT2D eigenvalue weighted by Gasteiger charge is -2.29. The zero-order chi connectivity index (χ0) is 14.6. The molecule has 0 amide bonds. The van der Waals surface area contributed by atoms with Gasteiger partial charge in [-0.2, -0.15) is 0 Å². The molecule has 1 nitrogen and oxygen atoms in total. The van der Waals surface area contributed by atoms with E-state index in [9.17, 15) is 4.39 Å². The van der Waals surface area contributed by atoms with Crippen LogP contribution in [0.4, 0.5) is 4.39 Å². The predicted octanol–water partition coefficient (Wildman–Crippen LogP) is 5.42. The maximum absolute atomic E-state index is 13.9.